The number of nitrogens with two attached hydrogens (primary N) is 1. The van der Waals surface area contributed by atoms with Gasteiger partial charge in [-0.25, -0.2) is 0 Å². The molecule has 0 saturated heterocycles. The van der Waals surface area contributed by atoms with Gasteiger partial charge in [-0.3, -0.25) is 5.10 Å². The summed E-state index contributed by atoms with van der Waals surface area (Å²) in [6.07, 6.45) is 3.20. The van der Waals surface area contributed by atoms with Crippen molar-refractivity contribution >= 4 is 5.69 Å². The second kappa shape index (κ2) is 2.16. The SMILES string of the molecule is Nc1ccoc1-c1ccn[nH]1. The first kappa shape index (κ1) is 6.03. The van der Waals surface area contributed by atoms with Crippen molar-refractivity contribution in [2.24, 2.45) is 0 Å². The van der Waals surface area contributed by atoms with Crippen molar-refractivity contribution in [3.63, 3.8) is 0 Å². The van der Waals surface area contributed by atoms with Gasteiger partial charge in [0, 0.05) is 12.3 Å². The van der Waals surface area contributed by atoms with E-state index in [0.717, 1.165) is 5.69 Å². The van der Waals surface area contributed by atoms with Crippen LogP contribution in [0, 0.1) is 0 Å². The van der Waals surface area contributed by atoms with E-state index in [2.05, 4.69) is 10.2 Å². The first-order valence-corrected chi connectivity index (χ1v) is 3.20. The lowest BCUT2D eigenvalue weighted by Crippen LogP contribution is -1.84. The molecule has 0 radical (unpaired) electrons. The predicted octanol–water partition coefficient (Wildman–Crippen LogP) is 1.25. The molecule has 4 nitrogen and oxygen atoms in total. The summed E-state index contributed by atoms with van der Waals surface area (Å²) in [5.74, 6) is 0.641. The van der Waals surface area contributed by atoms with E-state index in [1.165, 1.54) is 0 Å². The molecule has 56 valence electrons. The summed E-state index contributed by atoms with van der Waals surface area (Å²) in [7, 11) is 0. The lowest BCUT2D eigenvalue weighted by molar-refractivity contribution is 0.580. The Kier molecular flexibility index (Phi) is 1.18. The molecule has 2 aromatic rings. The monoisotopic (exact) mass is 149 g/mol. The lowest BCUT2D eigenvalue weighted by Gasteiger charge is -1.90. The topological polar surface area (TPSA) is 67.8 Å². The first-order chi connectivity index (χ1) is 5.38. The highest BCUT2D eigenvalue weighted by Gasteiger charge is 2.05. The highest BCUT2D eigenvalue weighted by Crippen LogP contribution is 2.23. The smallest absolute Gasteiger partial charge is 0.174 e. The summed E-state index contributed by atoms with van der Waals surface area (Å²) < 4.78 is 5.11. The van der Waals surface area contributed by atoms with Gasteiger partial charge >= 0.3 is 0 Å². The maximum atomic E-state index is 5.59. The molecule has 4 heteroatoms. The molecule has 3 N–H and O–H groups in total. The molecule has 0 bridgehead atoms. The molecule has 0 aliphatic carbocycles. The number of furan rings is 1. The van der Waals surface area contributed by atoms with Gasteiger partial charge < -0.3 is 10.2 Å². The number of nitrogens with one attached hydrogen (secondary N) is 1. The fraction of sp³-hybridized carbons (Fsp3) is 0. The number of hydrogen-bond acceptors (Lipinski definition) is 3. The average Bonchev–Trinajstić information content (AvgIpc) is 2.55. The summed E-state index contributed by atoms with van der Waals surface area (Å²) in [6.45, 7) is 0. The van der Waals surface area contributed by atoms with Gasteiger partial charge in [0.15, 0.2) is 5.76 Å². The summed E-state index contributed by atoms with van der Waals surface area (Å²) >= 11 is 0. The molecule has 0 aliphatic rings. The fourth-order valence-corrected chi connectivity index (χ4v) is 0.920. The van der Waals surface area contributed by atoms with E-state index >= 15 is 0 Å². The number of rotatable bonds is 1. The van der Waals surface area contributed by atoms with E-state index in [0.29, 0.717) is 11.4 Å². The van der Waals surface area contributed by atoms with Crippen LogP contribution >= 0.6 is 0 Å². The number of aromatic amines is 1. The Morgan fingerprint density at radius 3 is 2.91 bits per heavy atom. The second-order valence-corrected chi connectivity index (χ2v) is 2.18. The molecule has 2 aromatic heterocycles. The van der Waals surface area contributed by atoms with Crippen molar-refractivity contribution in [2.75, 3.05) is 5.73 Å². The van der Waals surface area contributed by atoms with Gasteiger partial charge in [0.1, 0.15) is 5.69 Å². The lowest BCUT2D eigenvalue weighted by atomic mass is 10.3. The van der Waals surface area contributed by atoms with E-state index in [9.17, 15) is 0 Å². The van der Waals surface area contributed by atoms with Gasteiger partial charge in [-0.05, 0) is 6.07 Å². The van der Waals surface area contributed by atoms with E-state index in [1.807, 2.05) is 0 Å². The fourth-order valence-electron chi connectivity index (χ4n) is 0.920. The van der Waals surface area contributed by atoms with Crippen molar-refractivity contribution in [3.05, 3.63) is 24.6 Å². The van der Waals surface area contributed by atoms with E-state index in [1.54, 1.807) is 24.6 Å². The van der Waals surface area contributed by atoms with Gasteiger partial charge in [-0.1, -0.05) is 0 Å². The Balaban J connectivity index is 2.53. The number of nitrogens with zero attached hydrogens (tertiary/aromatic N) is 1. The third-order valence-corrected chi connectivity index (χ3v) is 1.44. The van der Waals surface area contributed by atoms with E-state index in [4.69, 9.17) is 10.2 Å². The maximum absolute atomic E-state index is 5.59. The van der Waals surface area contributed by atoms with E-state index in [-0.39, 0.29) is 0 Å². The first-order valence-electron chi connectivity index (χ1n) is 3.20. The van der Waals surface area contributed by atoms with Crippen molar-refractivity contribution in [1.82, 2.24) is 10.2 Å². The molecule has 11 heavy (non-hydrogen) atoms. The molecule has 0 unspecified atom stereocenters. The van der Waals surface area contributed by atoms with Crippen molar-refractivity contribution < 1.29 is 4.42 Å². The van der Waals surface area contributed by atoms with Crippen LogP contribution in [0.1, 0.15) is 0 Å². The zero-order valence-electron chi connectivity index (χ0n) is 5.74. The summed E-state index contributed by atoms with van der Waals surface area (Å²) in [5.41, 5.74) is 7.01. The third-order valence-electron chi connectivity index (χ3n) is 1.44. The highest BCUT2D eigenvalue weighted by molar-refractivity contribution is 5.67. The third kappa shape index (κ3) is 0.881. The highest BCUT2D eigenvalue weighted by atomic mass is 16.3. The molecule has 0 amide bonds. The summed E-state index contributed by atoms with van der Waals surface area (Å²) in [5, 5.41) is 6.54. The molecule has 2 heterocycles. The van der Waals surface area contributed by atoms with Gasteiger partial charge in [-0.2, -0.15) is 5.10 Å². The molecular weight excluding hydrogens is 142 g/mol. The molecular formula is C7H7N3O. The number of aromatic nitrogens is 2. The van der Waals surface area contributed by atoms with Crippen molar-refractivity contribution in [3.8, 4) is 11.5 Å². The Bertz CT molecular complexity index is 336. The summed E-state index contributed by atoms with van der Waals surface area (Å²) in [6, 6.07) is 3.51. The van der Waals surface area contributed by atoms with Gasteiger partial charge in [-0.15, -0.1) is 0 Å². The standard InChI is InChI=1S/C7H7N3O/c8-5-2-4-11-7(5)6-1-3-9-10-6/h1-4H,8H2,(H,9,10). The van der Waals surface area contributed by atoms with Crippen LogP contribution in [0.4, 0.5) is 5.69 Å². The number of anilines is 1. The van der Waals surface area contributed by atoms with Crippen LogP contribution in [0.3, 0.4) is 0 Å². The van der Waals surface area contributed by atoms with Crippen LogP contribution < -0.4 is 5.73 Å². The minimum Gasteiger partial charge on any atom is -0.460 e. The van der Waals surface area contributed by atoms with Crippen LogP contribution in [0.2, 0.25) is 0 Å². The van der Waals surface area contributed by atoms with Gasteiger partial charge in [0.25, 0.3) is 0 Å². The van der Waals surface area contributed by atoms with Crippen LogP contribution in [0.15, 0.2) is 29.0 Å². The van der Waals surface area contributed by atoms with E-state index < -0.39 is 0 Å². The largest absolute Gasteiger partial charge is 0.460 e. The van der Waals surface area contributed by atoms with Crippen molar-refractivity contribution in [2.45, 2.75) is 0 Å². The zero-order valence-corrected chi connectivity index (χ0v) is 5.74. The molecule has 0 aromatic carbocycles. The predicted molar refractivity (Wildman–Crippen MR) is 40.7 cm³/mol. The van der Waals surface area contributed by atoms with Crippen LogP contribution in [0.5, 0.6) is 0 Å². The molecule has 0 atom stereocenters. The molecule has 0 spiro atoms. The molecule has 0 saturated carbocycles. The molecule has 0 fully saturated rings. The van der Waals surface area contributed by atoms with Crippen LogP contribution in [-0.2, 0) is 0 Å². The van der Waals surface area contributed by atoms with Gasteiger partial charge in [0.05, 0.1) is 12.0 Å². The molecule has 2 rings (SSSR count). The molecule has 0 aliphatic heterocycles. The average molecular weight is 149 g/mol. The van der Waals surface area contributed by atoms with Crippen molar-refractivity contribution in [1.29, 1.82) is 0 Å². The quantitative estimate of drug-likeness (QED) is 0.641. The maximum Gasteiger partial charge on any atom is 0.174 e. The Hall–Kier alpha value is -1.71. The van der Waals surface area contributed by atoms with Gasteiger partial charge in [0.2, 0.25) is 0 Å². The van der Waals surface area contributed by atoms with Crippen LogP contribution in [0.25, 0.3) is 11.5 Å². The number of nitrogen functional groups attached to an aromatic ring is 1. The van der Waals surface area contributed by atoms with Crippen LogP contribution in [-0.4, -0.2) is 10.2 Å². The Morgan fingerprint density at radius 1 is 1.45 bits per heavy atom. The second-order valence-electron chi connectivity index (χ2n) is 2.18. The normalized spacial score (nSPS) is 10.2. The minimum atomic E-state index is 0.620. The Morgan fingerprint density at radius 2 is 2.36 bits per heavy atom. The Labute approximate surface area is 63.0 Å². The minimum absolute atomic E-state index is 0.620. The zero-order chi connectivity index (χ0) is 7.68. The number of hydrogen-bond donors (Lipinski definition) is 2. The number of H-pyrrole nitrogens is 1. The summed E-state index contributed by atoms with van der Waals surface area (Å²) in [4.78, 5) is 0.